The average molecular weight is 200 g/mol. The molecule has 1 aromatic carbocycles. The van der Waals surface area contributed by atoms with Crippen molar-refractivity contribution in [1.29, 1.82) is 5.26 Å². The number of hydrogen-bond acceptors (Lipinski definition) is 3. The van der Waals surface area contributed by atoms with Gasteiger partial charge in [0.2, 0.25) is 0 Å². The van der Waals surface area contributed by atoms with Crippen LogP contribution in [0, 0.1) is 28.4 Å². The van der Waals surface area contributed by atoms with Crippen LogP contribution in [0.15, 0.2) is 18.3 Å². The quantitative estimate of drug-likeness (QED) is 0.513. The summed E-state index contributed by atoms with van der Waals surface area (Å²) < 4.78 is 0. The van der Waals surface area contributed by atoms with E-state index in [1.165, 1.54) is 12.3 Å². The van der Waals surface area contributed by atoms with E-state index in [2.05, 4.69) is 5.32 Å². The predicted molar refractivity (Wildman–Crippen MR) is 53.2 cm³/mol. The van der Waals surface area contributed by atoms with Gasteiger partial charge in [-0.1, -0.05) is 6.07 Å². The van der Waals surface area contributed by atoms with E-state index in [1.54, 1.807) is 13.0 Å². The number of aryl methyl sites for hydroxylation is 1. The number of allylic oxidation sites excluding steroid dienone is 1. The topological polar surface area (TPSA) is 81.0 Å². The Morgan fingerprint density at radius 3 is 2.87 bits per heavy atom. The molecule has 15 heavy (non-hydrogen) atoms. The standard InChI is InChI=1S/C10H6N3O2/c1-6-2-3-8(13(14)15)10-9(6)7(4-11)5-12-10/h2-3,5H,1H3. The number of hydrogen-bond donors (Lipinski definition) is 0. The highest BCUT2D eigenvalue weighted by Crippen LogP contribution is 2.39. The van der Waals surface area contributed by atoms with E-state index < -0.39 is 4.92 Å². The molecule has 0 N–H and O–H groups in total. The van der Waals surface area contributed by atoms with Crippen molar-refractivity contribution in [1.82, 2.24) is 5.32 Å². The fourth-order valence-corrected chi connectivity index (χ4v) is 1.58. The second-order valence-corrected chi connectivity index (χ2v) is 3.17. The molecule has 0 bridgehead atoms. The molecule has 0 saturated heterocycles. The van der Waals surface area contributed by atoms with Gasteiger partial charge in [-0.3, -0.25) is 10.1 Å². The molecular weight excluding hydrogens is 194 g/mol. The van der Waals surface area contributed by atoms with Crippen molar-refractivity contribution in [2.75, 3.05) is 0 Å². The summed E-state index contributed by atoms with van der Waals surface area (Å²) in [6.45, 7) is 1.80. The third-order valence-corrected chi connectivity index (χ3v) is 2.27. The van der Waals surface area contributed by atoms with E-state index in [-0.39, 0.29) is 11.4 Å². The normalized spacial score (nSPS) is 12.4. The van der Waals surface area contributed by atoms with Crippen molar-refractivity contribution in [3.63, 3.8) is 0 Å². The molecule has 0 amide bonds. The molecule has 0 aliphatic carbocycles. The highest BCUT2D eigenvalue weighted by Gasteiger charge is 2.26. The molecule has 5 heteroatoms. The van der Waals surface area contributed by atoms with Gasteiger partial charge in [-0.25, -0.2) is 5.32 Å². The molecule has 1 aromatic rings. The second kappa shape index (κ2) is 3.10. The summed E-state index contributed by atoms with van der Waals surface area (Å²) in [5.41, 5.74) is 2.01. The van der Waals surface area contributed by atoms with Crippen LogP contribution in [-0.2, 0) is 0 Å². The highest BCUT2D eigenvalue weighted by atomic mass is 16.6. The number of rotatable bonds is 1. The van der Waals surface area contributed by atoms with Gasteiger partial charge in [-0.15, -0.1) is 0 Å². The van der Waals surface area contributed by atoms with E-state index in [4.69, 9.17) is 5.26 Å². The lowest BCUT2D eigenvalue weighted by molar-refractivity contribution is -0.384. The van der Waals surface area contributed by atoms with E-state index in [1.807, 2.05) is 6.07 Å². The minimum absolute atomic E-state index is 0.0582. The van der Waals surface area contributed by atoms with Crippen LogP contribution in [0.5, 0.6) is 0 Å². The van der Waals surface area contributed by atoms with E-state index in [9.17, 15) is 10.1 Å². The fourth-order valence-electron chi connectivity index (χ4n) is 1.58. The van der Waals surface area contributed by atoms with Gasteiger partial charge in [0.05, 0.1) is 10.5 Å². The Morgan fingerprint density at radius 2 is 2.27 bits per heavy atom. The molecule has 73 valence electrons. The maximum atomic E-state index is 10.7. The zero-order valence-electron chi connectivity index (χ0n) is 7.89. The lowest BCUT2D eigenvalue weighted by atomic mass is 10.0. The summed E-state index contributed by atoms with van der Waals surface area (Å²) in [6.07, 6.45) is 1.37. The van der Waals surface area contributed by atoms with Crippen LogP contribution in [0.2, 0.25) is 0 Å². The summed E-state index contributed by atoms with van der Waals surface area (Å²) in [6, 6.07) is 5.01. The largest absolute Gasteiger partial charge is 0.295 e. The Morgan fingerprint density at radius 1 is 1.53 bits per heavy atom. The zero-order valence-corrected chi connectivity index (χ0v) is 7.89. The van der Waals surface area contributed by atoms with Crippen molar-refractivity contribution in [3.8, 4) is 6.07 Å². The third kappa shape index (κ3) is 1.23. The Hall–Kier alpha value is -2.35. The van der Waals surface area contributed by atoms with Gasteiger partial charge in [0, 0.05) is 17.8 Å². The smallest absolute Gasteiger partial charge is 0.258 e. The van der Waals surface area contributed by atoms with Crippen molar-refractivity contribution in [2.45, 2.75) is 6.92 Å². The van der Waals surface area contributed by atoms with E-state index in [0.29, 0.717) is 11.1 Å². The van der Waals surface area contributed by atoms with Crippen LogP contribution in [0.25, 0.3) is 5.57 Å². The van der Waals surface area contributed by atoms with E-state index >= 15 is 0 Å². The summed E-state index contributed by atoms with van der Waals surface area (Å²) in [5.74, 6) is 0. The maximum absolute atomic E-state index is 10.7. The minimum atomic E-state index is -0.490. The number of nitrogens with zero attached hydrogens (tertiary/aromatic N) is 3. The molecule has 0 saturated carbocycles. The predicted octanol–water partition coefficient (Wildman–Crippen LogP) is 2.02. The Bertz CT molecular complexity index is 526. The fraction of sp³-hybridized carbons (Fsp3) is 0.100. The van der Waals surface area contributed by atoms with Crippen LogP contribution in [0.1, 0.15) is 11.1 Å². The van der Waals surface area contributed by atoms with Gasteiger partial charge < -0.3 is 0 Å². The Balaban J connectivity index is 2.70. The van der Waals surface area contributed by atoms with Crippen LogP contribution in [0.4, 0.5) is 11.4 Å². The number of benzene rings is 1. The molecular formula is C10H6N3O2. The number of nitriles is 1. The van der Waals surface area contributed by atoms with Crippen molar-refractivity contribution in [2.24, 2.45) is 0 Å². The second-order valence-electron chi connectivity index (χ2n) is 3.17. The Kier molecular flexibility index (Phi) is 1.90. The van der Waals surface area contributed by atoms with Crippen LogP contribution in [-0.4, -0.2) is 4.92 Å². The molecule has 0 spiro atoms. The van der Waals surface area contributed by atoms with Gasteiger partial charge in [0.15, 0.2) is 0 Å². The van der Waals surface area contributed by atoms with Crippen molar-refractivity contribution in [3.05, 3.63) is 39.6 Å². The molecule has 5 nitrogen and oxygen atoms in total. The van der Waals surface area contributed by atoms with Crippen molar-refractivity contribution < 1.29 is 4.92 Å². The first kappa shape index (κ1) is 9.21. The SMILES string of the molecule is Cc1ccc([N+](=O)[O-])c2c1C(C#N)=C[N]2. The molecule has 0 unspecified atom stereocenters. The number of nitro groups is 1. The van der Waals surface area contributed by atoms with Crippen molar-refractivity contribution >= 4 is 16.9 Å². The summed E-state index contributed by atoms with van der Waals surface area (Å²) >= 11 is 0. The third-order valence-electron chi connectivity index (χ3n) is 2.27. The lowest BCUT2D eigenvalue weighted by Crippen LogP contribution is -1.95. The summed E-state index contributed by atoms with van der Waals surface area (Å²) in [5, 5.41) is 23.4. The van der Waals surface area contributed by atoms with Gasteiger partial charge in [-0.2, -0.15) is 5.26 Å². The molecule has 0 atom stereocenters. The van der Waals surface area contributed by atoms with Gasteiger partial charge in [0.25, 0.3) is 5.69 Å². The molecule has 1 radical (unpaired) electrons. The number of fused-ring (bicyclic) bond motifs is 1. The van der Waals surface area contributed by atoms with Gasteiger partial charge >= 0.3 is 0 Å². The van der Waals surface area contributed by atoms with Crippen LogP contribution in [0.3, 0.4) is 0 Å². The molecule has 2 rings (SSSR count). The molecule has 0 fully saturated rings. The minimum Gasteiger partial charge on any atom is -0.258 e. The Labute approximate surface area is 85.8 Å². The average Bonchev–Trinajstić information content (AvgIpc) is 2.62. The molecule has 1 aliphatic heterocycles. The maximum Gasteiger partial charge on any atom is 0.295 e. The lowest BCUT2D eigenvalue weighted by Gasteiger charge is -2.03. The van der Waals surface area contributed by atoms with Crippen LogP contribution < -0.4 is 5.32 Å². The van der Waals surface area contributed by atoms with Gasteiger partial charge in [0.1, 0.15) is 11.8 Å². The summed E-state index contributed by atoms with van der Waals surface area (Å²) in [4.78, 5) is 10.2. The monoisotopic (exact) mass is 200 g/mol. The van der Waals surface area contributed by atoms with E-state index in [0.717, 1.165) is 5.56 Å². The molecule has 0 aromatic heterocycles. The molecule has 1 heterocycles. The first-order valence-electron chi connectivity index (χ1n) is 4.24. The zero-order chi connectivity index (χ0) is 11.0. The van der Waals surface area contributed by atoms with Gasteiger partial charge in [-0.05, 0) is 12.5 Å². The molecule has 1 aliphatic rings. The highest BCUT2D eigenvalue weighted by molar-refractivity contribution is 5.91. The first-order valence-corrected chi connectivity index (χ1v) is 4.24. The van der Waals surface area contributed by atoms with Crippen LogP contribution >= 0.6 is 0 Å². The first-order chi connectivity index (χ1) is 7.15. The summed E-state index contributed by atoms with van der Waals surface area (Å²) in [7, 11) is 0. The number of nitro benzene ring substituents is 1.